The van der Waals surface area contributed by atoms with Crippen LogP contribution in [0.15, 0.2) is 40.9 Å². The van der Waals surface area contributed by atoms with Gasteiger partial charge >= 0.3 is 0 Å². The lowest BCUT2D eigenvalue weighted by molar-refractivity contribution is -0.0274. The first kappa shape index (κ1) is 16.8. The Hall–Kier alpha value is -1.65. The summed E-state index contributed by atoms with van der Waals surface area (Å²) in [6, 6.07) is 12.0. The summed E-state index contributed by atoms with van der Waals surface area (Å²) in [4.78, 5) is 2.54. The number of nitrogens with zero attached hydrogens (tertiary/aromatic N) is 2. The maximum atomic E-state index is 11.0. The second-order valence-electron chi connectivity index (χ2n) is 7.90. The van der Waals surface area contributed by atoms with Gasteiger partial charge in [0.2, 0.25) is 0 Å². The molecule has 4 rings (SSSR count). The van der Waals surface area contributed by atoms with Gasteiger partial charge in [0.05, 0.1) is 5.60 Å². The van der Waals surface area contributed by atoms with Crippen LogP contribution in [-0.4, -0.2) is 40.4 Å². The molecule has 2 fully saturated rings. The summed E-state index contributed by atoms with van der Waals surface area (Å²) < 4.78 is 5.50. The molecule has 2 heterocycles. The Morgan fingerprint density at radius 1 is 1.12 bits per heavy atom. The Labute approximate surface area is 149 Å². The molecule has 1 saturated heterocycles. The summed E-state index contributed by atoms with van der Waals surface area (Å²) in [6.07, 6.45) is 7.78. The molecule has 1 N–H and O–H groups in total. The lowest BCUT2D eigenvalue weighted by Gasteiger charge is -2.38. The highest BCUT2D eigenvalue weighted by molar-refractivity contribution is 5.58. The van der Waals surface area contributed by atoms with Crippen molar-refractivity contribution in [3.8, 4) is 11.3 Å². The molecule has 4 heteroatoms. The minimum Gasteiger partial charge on any atom is -0.389 e. The molecular weight excluding hydrogens is 312 g/mol. The van der Waals surface area contributed by atoms with Gasteiger partial charge < -0.3 is 14.5 Å². The number of likely N-dealkylation sites (tertiary alicyclic amines) is 1. The van der Waals surface area contributed by atoms with E-state index in [0.717, 1.165) is 48.9 Å². The topological polar surface area (TPSA) is 49.5 Å². The molecule has 0 bridgehead atoms. The van der Waals surface area contributed by atoms with Gasteiger partial charge in [0, 0.05) is 37.7 Å². The van der Waals surface area contributed by atoms with Crippen LogP contribution in [0.1, 0.15) is 44.3 Å². The van der Waals surface area contributed by atoms with Crippen LogP contribution in [0.2, 0.25) is 0 Å². The van der Waals surface area contributed by atoms with E-state index in [1.807, 2.05) is 36.4 Å². The molecule has 1 aromatic heterocycles. The Balaban J connectivity index is 1.33. The predicted molar refractivity (Wildman–Crippen MR) is 98.2 cm³/mol. The number of hydrogen-bond donors (Lipinski definition) is 1. The van der Waals surface area contributed by atoms with Crippen LogP contribution in [0.4, 0.5) is 0 Å². The molecule has 2 aromatic rings. The number of benzene rings is 1. The zero-order valence-corrected chi connectivity index (χ0v) is 14.9. The maximum absolute atomic E-state index is 11.0. The highest BCUT2D eigenvalue weighted by atomic mass is 16.5. The molecule has 1 aromatic carbocycles. The lowest BCUT2D eigenvalue weighted by atomic mass is 9.86. The number of aromatic nitrogens is 1. The van der Waals surface area contributed by atoms with Crippen LogP contribution in [0, 0.1) is 5.92 Å². The van der Waals surface area contributed by atoms with Crippen molar-refractivity contribution in [3.63, 3.8) is 0 Å². The van der Waals surface area contributed by atoms with Crippen molar-refractivity contribution in [2.75, 3.05) is 19.6 Å². The Morgan fingerprint density at radius 3 is 2.56 bits per heavy atom. The van der Waals surface area contributed by atoms with Gasteiger partial charge in [-0.05, 0) is 31.6 Å². The van der Waals surface area contributed by atoms with Crippen LogP contribution in [0.25, 0.3) is 11.3 Å². The largest absolute Gasteiger partial charge is 0.389 e. The van der Waals surface area contributed by atoms with Crippen LogP contribution in [-0.2, 0) is 6.42 Å². The second kappa shape index (κ2) is 7.30. The Bertz CT molecular complexity index is 668. The molecule has 4 nitrogen and oxygen atoms in total. The molecule has 2 aliphatic rings. The van der Waals surface area contributed by atoms with Crippen molar-refractivity contribution in [2.24, 2.45) is 5.92 Å². The summed E-state index contributed by atoms with van der Waals surface area (Å²) in [6.45, 7) is 3.20. The normalized spacial score (nSPS) is 21.6. The summed E-state index contributed by atoms with van der Waals surface area (Å²) >= 11 is 0. The highest BCUT2D eigenvalue weighted by Crippen LogP contribution is 2.31. The van der Waals surface area contributed by atoms with Crippen LogP contribution in [0.3, 0.4) is 0 Å². The van der Waals surface area contributed by atoms with E-state index in [1.54, 1.807) is 0 Å². The average Bonchev–Trinajstić information content (AvgIpc) is 3.30. The zero-order chi connectivity index (χ0) is 17.1. The standard InChI is InChI=1S/C21H28N2O2/c24-21(10-12-23(13-11-21)16-17-6-4-5-7-17)15-19-14-20(22-25-19)18-8-2-1-3-9-18/h1-3,8-9,14,17,24H,4-7,10-13,15-16H2. The SMILES string of the molecule is OC1(Cc2cc(-c3ccccc3)no2)CCN(CC2CCCC2)CC1. The van der Waals surface area contributed by atoms with E-state index in [4.69, 9.17) is 4.52 Å². The van der Waals surface area contributed by atoms with Gasteiger partial charge in [-0.15, -0.1) is 0 Å². The summed E-state index contributed by atoms with van der Waals surface area (Å²) in [7, 11) is 0. The number of piperidine rings is 1. The second-order valence-corrected chi connectivity index (χ2v) is 7.90. The molecule has 1 aliphatic carbocycles. The minimum absolute atomic E-state index is 0.560. The van der Waals surface area contributed by atoms with Gasteiger partial charge in [-0.2, -0.15) is 0 Å². The molecule has 25 heavy (non-hydrogen) atoms. The third kappa shape index (κ3) is 4.13. The first-order chi connectivity index (χ1) is 12.2. The third-order valence-electron chi connectivity index (χ3n) is 5.91. The molecule has 0 amide bonds. The fraction of sp³-hybridized carbons (Fsp3) is 0.571. The fourth-order valence-electron chi connectivity index (χ4n) is 4.35. The average molecular weight is 340 g/mol. The molecule has 0 unspecified atom stereocenters. The first-order valence-corrected chi connectivity index (χ1v) is 9.66. The van der Waals surface area contributed by atoms with Crippen molar-refractivity contribution < 1.29 is 9.63 Å². The number of hydrogen-bond acceptors (Lipinski definition) is 4. The van der Waals surface area contributed by atoms with Gasteiger partial charge in [-0.1, -0.05) is 48.3 Å². The quantitative estimate of drug-likeness (QED) is 0.897. The summed E-state index contributed by atoms with van der Waals surface area (Å²) in [5.41, 5.74) is 1.24. The van der Waals surface area contributed by atoms with E-state index in [2.05, 4.69) is 10.1 Å². The molecule has 0 radical (unpaired) electrons. The number of rotatable bonds is 5. The summed E-state index contributed by atoms with van der Waals surface area (Å²) in [5.74, 6) is 1.67. The molecular formula is C21H28N2O2. The lowest BCUT2D eigenvalue weighted by Crippen LogP contribution is -2.46. The van der Waals surface area contributed by atoms with Gasteiger partial charge in [0.1, 0.15) is 11.5 Å². The Morgan fingerprint density at radius 2 is 1.84 bits per heavy atom. The molecule has 1 aliphatic heterocycles. The third-order valence-corrected chi connectivity index (χ3v) is 5.91. The van der Waals surface area contributed by atoms with E-state index < -0.39 is 5.60 Å². The van der Waals surface area contributed by atoms with Crippen molar-refractivity contribution in [3.05, 3.63) is 42.2 Å². The smallest absolute Gasteiger partial charge is 0.140 e. The van der Waals surface area contributed by atoms with Crippen molar-refractivity contribution >= 4 is 0 Å². The van der Waals surface area contributed by atoms with Crippen molar-refractivity contribution in [1.29, 1.82) is 0 Å². The highest BCUT2D eigenvalue weighted by Gasteiger charge is 2.34. The van der Waals surface area contributed by atoms with Crippen LogP contribution < -0.4 is 0 Å². The van der Waals surface area contributed by atoms with Crippen molar-refractivity contribution in [1.82, 2.24) is 10.1 Å². The number of aliphatic hydroxyl groups is 1. The van der Waals surface area contributed by atoms with Crippen molar-refractivity contribution in [2.45, 2.75) is 50.5 Å². The monoisotopic (exact) mass is 340 g/mol. The molecule has 1 saturated carbocycles. The van der Waals surface area contributed by atoms with Gasteiger partial charge in [0.25, 0.3) is 0 Å². The van der Waals surface area contributed by atoms with E-state index in [9.17, 15) is 5.11 Å². The van der Waals surface area contributed by atoms with E-state index in [0.29, 0.717) is 6.42 Å². The van der Waals surface area contributed by atoms with E-state index in [-0.39, 0.29) is 0 Å². The molecule has 134 valence electrons. The van der Waals surface area contributed by atoms with E-state index in [1.165, 1.54) is 32.2 Å². The molecule has 0 atom stereocenters. The Kier molecular flexibility index (Phi) is 4.91. The predicted octanol–water partition coefficient (Wildman–Crippen LogP) is 3.90. The van der Waals surface area contributed by atoms with Crippen LogP contribution >= 0.6 is 0 Å². The van der Waals surface area contributed by atoms with E-state index >= 15 is 0 Å². The van der Waals surface area contributed by atoms with Gasteiger partial charge in [-0.3, -0.25) is 0 Å². The minimum atomic E-state index is -0.653. The first-order valence-electron chi connectivity index (χ1n) is 9.66. The summed E-state index contributed by atoms with van der Waals surface area (Å²) in [5, 5.41) is 15.1. The van der Waals surface area contributed by atoms with Crippen LogP contribution in [0.5, 0.6) is 0 Å². The zero-order valence-electron chi connectivity index (χ0n) is 14.9. The van der Waals surface area contributed by atoms with Gasteiger partial charge in [-0.25, -0.2) is 0 Å². The fourth-order valence-corrected chi connectivity index (χ4v) is 4.35. The maximum Gasteiger partial charge on any atom is 0.140 e. The molecule has 0 spiro atoms. The van der Waals surface area contributed by atoms with Gasteiger partial charge in [0.15, 0.2) is 0 Å².